The molecule has 0 radical (unpaired) electrons. The van der Waals surface area contributed by atoms with Crippen LogP contribution in [0.25, 0.3) is 10.2 Å². The Kier molecular flexibility index (Phi) is 4.82. The van der Waals surface area contributed by atoms with Gasteiger partial charge in [-0.05, 0) is 47.5 Å². The average Bonchev–Trinajstić information content (AvgIpc) is 2.97. The minimum Gasteiger partial charge on any atom is -0.324 e. The number of benzene rings is 1. The number of para-hydroxylation sites is 1. The number of aromatic nitrogens is 2. The zero-order valence-corrected chi connectivity index (χ0v) is 15.7. The van der Waals surface area contributed by atoms with Gasteiger partial charge < -0.3 is 5.32 Å². The van der Waals surface area contributed by atoms with E-state index in [2.05, 4.69) is 26.2 Å². The van der Waals surface area contributed by atoms with E-state index in [1.165, 1.54) is 15.9 Å². The van der Waals surface area contributed by atoms with Crippen molar-refractivity contribution in [3.8, 4) is 0 Å². The Bertz CT molecular complexity index is 978. The first-order valence-electron chi connectivity index (χ1n) is 7.54. The number of amides is 1. The van der Waals surface area contributed by atoms with Gasteiger partial charge in [-0.15, -0.1) is 11.3 Å². The summed E-state index contributed by atoms with van der Waals surface area (Å²) < 4.78 is 2.21. The molecule has 5 nitrogen and oxygen atoms in total. The molecule has 1 aromatic carbocycles. The third-order valence-electron chi connectivity index (χ3n) is 3.69. The van der Waals surface area contributed by atoms with Crippen molar-refractivity contribution in [2.75, 3.05) is 5.32 Å². The molecule has 0 unspecified atom stereocenters. The van der Waals surface area contributed by atoms with Crippen molar-refractivity contribution in [1.82, 2.24) is 9.55 Å². The van der Waals surface area contributed by atoms with Crippen LogP contribution < -0.4 is 10.9 Å². The van der Waals surface area contributed by atoms with E-state index in [4.69, 9.17) is 0 Å². The van der Waals surface area contributed by atoms with Gasteiger partial charge in [-0.3, -0.25) is 14.2 Å². The summed E-state index contributed by atoms with van der Waals surface area (Å²) in [6.45, 7) is 3.73. The van der Waals surface area contributed by atoms with Crippen LogP contribution in [-0.2, 0) is 17.8 Å². The monoisotopic (exact) mass is 405 g/mol. The van der Waals surface area contributed by atoms with Gasteiger partial charge in [0.2, 0.25) is 5.91 Å². The molecule has 0 aliphatic carbocycles. The Morgan fingerprint density at radius 3 is 2.83 bits per heavy atom. The fourth-order valence-electron chi connectivity index (χ4n) is 2.42. The van der Waals surface area contributed by atoms with E-state index in [1.807, 2.05) is 31.2 Å². The Labute approximate surface area is 151 Å². The van der Waals surface area contributed by atoms with E-state index in [0.717, 1.165) is 20.6 Å². The van der Waals surface area contributed by atoms with Gasteiger partial charge >= 0.3 is 0 Å². The fourth-order valence-corrected chi connectivity index (χ4v) is 3.81. The molecule has 0 aliphatic heterocycles. The van der Waals surface area contributed by atoms with Crippen molar-refractivity contribution in [2.24, 2.45) is 0 Å². The molecule has 124 valence electrons. The van der Waals surface area contributed by atoms with E-state index in [0.29, 0.717) is 16.9 Å². The molecule has 0 saturated carbocycles. The minimum atomic E-state index is -0.265. The normalized spacial score (nSPS) is 11.0. The second kappa shape index (κ2) is 6.86. The highest BCUT2D eigenvalue weighted by atomic mass is 79.9. The molecule has 1 amide bonds. The summed E-state index contributed by atoms with van der Waals surface area (Å²) in [6.07, 6.45) is 0.863. The summed E-state index contributed by atoms with van der Waals surface area (Å²) in [5, 5.41) is 3.39. The van der Waals surface area contributed by atoms with Gasteiger partial charge in [-0.2, -0.15) is 0 Å². The molecule has 0 bridgehead atoms. The highest BCUT2D eigenvalue weighted by Gasteiger charge is 2.14. The molecule has 3 rings (SSSR count). The van der Waals surface area contributed by atoms with Gasteiger partial charge in [-0.25, -0.2) is 4.98 Å². The molecule has 3 aromatic rings. The van der Waals surface area contributed by atoms with Crippen LogP contribution in [0.4, 0.5) is 5.69 Å². The highest BCUT2D eigenvalue weighted by molar-refractivity contribution is 9.10. The van der Waals surface area contributed by atoms with E-state index < -0.39 is 0 Å². The van der Waals surface area contributed by atoms with Crippen LogP contribution in [0.15, 0.2) is 39.6 Å². The maximum atomic E-state index is 12.7. The van der Waals surface area contributed by atoms with Crippen molar-refractivity contribution < 1.29 is 4.79 Å². The number of fused-ring (bicyclic) bond motifs is 1. The van der Waals surface area contributed by atoms with Crippen molar-refractivity contribution in [2.45, 2.75) is 26.8 Å². The molecule has 0 spiro atoms. The Morgan fingerprint density at radius 1 is 1.38 bits per heavy atom. The fraction of sp³-hybridized carbons (Fsp3) is 0.235. The molecular weight excluding hydrogens is 390 g/mol. The Balaban J connectivity index is 1.91. The molecule has 2 aromatic heterocycles. The zero-order valence-electron chi connectivity index (χ0n) is 13.3. The maximum absolute atomic E-state index is 12.7. The quantitative estimate of drug-likeness (QED) is 0.718. The molecule has 0 aliphatic rings. The average molecular weight is 406 g/mol. The van der Waals surface area contributed by atoms with E-state index >= 15 is 0 Å². The minimum absolute atomic E-state index is 0.0632. The second-order valence-electron chi connectivity index (χ2n) is 5.36. The first-order valence-corrected chi connectivity index (χ1v) is 9.14. The van der Waals surface area contributed by atoms with E-state index in [1.54, 1.807) is 13.0 Å². The summed E-state index contributed by atoms with van der Waals surface area (Å²) in [5.74, 6) is 0.276. The Hall–Kier alpha value is -1.99. The van der Waals surface area contributed by atoms with Crippen LogP contribution in [0.5, 0.6) is 0 Å². The SMILES string of the molecule is CCc1cc2c(=O)n(CC(=O)Nc3ccccc3Br)c(C)nc2s1. The number of nitrogens with one attached hydrogen (secondary N) is 1. The van der Waals surface area contributed by atoms with Gasteiger partial charge in [0.25, 0.3) is 5.56 Å². The number of nitrogens with zero attached hydrogens (tertiary/aromatic N) is 2. The molecule has 2 heterocycles. The zero-order chi connectivity index (χ0) is 17.3. The first-order chi connectivity index (χ1) is 11.5. The lowest BCUT2D eigenvalue weighted by Gasteiger charge is -2.11. The van der Waals surface area contributed by atoms with Crippen molar-refractivity contribution >= 4 is 49.1 Å². The lowest BCUT2D eigenvalue weighted by Crippen LogP contribution is -2.29. The predicted octanol–water partition coefficient (Wildman–Crippen LogP) is 3.73. The number of aryl methyl sites for hydroxylation is 2. The number of carbonyl (C=O) groups excluding carboxylic acids is 1. The second-order valence-corrected chi connectivity index (χ2v) is 7.33. The van der Waals surface area contributed by atoms with Gasteiger partial charge in [0, 0.05) is 9.35 Å². The number of hydrogen-bond donors (Lipinski definition) is 1. The van der Waals surface area contributed by atoms with Gasteiger partial charge in [-0.1, -0.05) is 19.1 Å². The van der Waals surface area contributed by atoms with Crippen LogP contribution in [0.1, 0.15) is 17.6 Å². The summed E-state index contributed by atoms with van der Waals surface area (Å²) in [5.41, 5.74) is 0.502. The number of thiophene rings is 1. The molecule has 7 heteroatoms. The summed E-state index contributed by atoms with van der Waals surface area (Å²) in [4.78, 5) is 31.3. The topological polar surface area (TPSA) is 64.0 Å². The van der Waals surface area contributed by atoms with E-state index in [9.17, 15) is 9.59 Å². The highest BCUT2D eigenvalue weighted by Crippen LogP contribution is 2.23. The first kappa shape index (κ1) is 16.9. The van der Waals surface area contributed by atoms with Crippen LogP contribution >= 0.6 is 27.3 Å². The largest absolute Gasteiger partial charge is 0.324 e. The van der Waals surface area contributed by atoms with Crippen LogP contribution in [0, 0.1) is 6.92 Å². The Morgan fingerprint density at radius 2 is 2.12 bits per heavy atom. The van der Waals surface area contributed by atoms with Crippen molar-refractivity contribution in [1.29, 1.82) is 0 Å². The van der Waals surface area contributed by atoms with Crippen molar-refractivity contribution in [3.05, 3.63) is 55.9 Å². The number of rotatable bonds is 4. The van der Waals surface area contributed by atoms with Gasteiger partial charge in [0.05, 0.1) is 11.1 Å². The number of anilines is 1. The number of carbonyl (C=O) groups is 1. The van der Waals surface area contributed by atoms with E-state index in [-0.39, 0.29) is 18.0 Å². The molecule has 0 saturated heterocycles. The molecule has 24 heavy (non-hydrogen) atoms. The summed E-state index contributed by atoms with van der Waals surface area (Å²) >= 11 is 4.91. The van der Waals surface area contributed by atoms with Crippen molar-refractivity contribution in [3.63, 3.8) is 0 Å². The maximum Gasteiger partial charge on any atom is 0.262 e. The lowest BCUT2D eigenvalue weighted by molar-refractivity contribution is -0.116. The number of hydrogen-bond acceptors (Lipinski definition) is 4. The smallest absolute Gasteiger partial charge is 0.262 e. The van der Waals surface area contributed by atoms with Crippen LogP contribution in [0.2, 0.25) is 0 Å². The van der Waals surface area contributed by atoms with Crippen LogP contribution in [0.3, 0.4) is 0 Å². The third-order valence-corrected chi connectivity index (χ3v) is 5.56. The summed E-state index contributed by atoms with van der Waals surface area (Å²) in [7, 11) is 0. The molecular formula is C17H16BrN3O2S. The van der Waals surface area contributed by atoms with Gasteiger partial charge in [0.1, 0.15) is 17.2 Å². The lowest BCUT2D eigenvalue weighted by atomic mass is 10.3. The van der Waals surface area contributed by atoms with Crippen LogP contribution in [-0.4, -0.2) is 15.5 Å². The molecule has 0 fully saturated rings. The number of halogens is 1. The van der Waals surface area contributed by atoms with Gasteiger partial charge in [0.15, 0.2) is 0 Å². The standard InChI is InChI=1S/C17H16BrN3O2S/c1-3-11-8-12-16(24-11)19-10(2)21(17(12)23)9-15(22)20-14-7-5-4-6-13(14)18/h4-8H,3,9H2,1-2H3,(H,20,22). The predicted molar refractivity (Wildman–Crippen MR) is 101 cm³/mol. The third kappa shape index (κ3) is 3.27. The molecule has 1 N–H and O–H groups in total. The summed E-state index contributed by atoms with van der Waals surface area (Å²) in [6, 6.07) is 9.22. The molecule has 0 atom stereocenters.